The zero-order chi connectivity index (χ0) is 13.2. The van der Waals surface area contributed by atoms with E-state index in [9.17, 15) is 0 Å². The van der Waals surface area contributed by atoms with Crippen LogP contribution in [0, 0.1) is 22.7 Å². The molecule has 5 nitrogen and oxygen atoms in total. The molecule has 0 saturated heterocycles. The normalized spacial score (nSPS) is 10.0. The fourth-order valence-electron chi connectivity index (χ4n) is 1.91. The summed E-state index contributed by atoms with van der Waals surface area (Å²) in [5.74, 6) is 0. The molecule has 88 valence electrons. The van der Waals surface area contributed by atoms with Crippen molar-refractivity contribution in [1.82, 2.24) is 15.0 Å². The van der Waals surface area contributed by atoms with Crippen molar-refractivity contribution in [3.05, 3.63) is 53.6 Å². The van der Waals surface area contributed by atoms with Crippen LogP contribution in [0.4, 0.5) is 0 Å². The second-order valence-corrected chi connectivity index (χ2v) is 3.95. The fraction of sp³-hybridized carbons (Fsp3) is 0. The largest absolute Gasteiger partial charge is 0.213 e. The fourth-order valence-corrected chi connectivity index (χ4v) is 1.91. The highest BCUT2D eigenvalue weighted by Gasteiger charge is 2.11. The van der Waals surface area contributed by atoms with Crippen molar-refractivity contribution < 1.29 is 0 Å². The molecule has 0 N–H and O–H groups in total. The maximum Gasteiger partial charge on any atom is 0.115 e. The van der Waals surface area contributed by atoms with Gasteiger partial charge in [0.15, 0.2) is 0 Å². The molecule has 1 aromatic heterocycles. The summed E-state index contributed by atoms with van der Waals surface area (Å²) in [5.41, 5.74) is 2.81. The van der Waals surface area contributed by atoms with Gasteiger partial charge in [-0.3, -0.25) is 0 Å². The average Bonchev–Trinajstić information content (AvgIpc) is 2.89. The number of nitrogens with zero attached hydrogens (tertiary/aromatic N) is 5. The zero-order valence-electron chi connectivity index (χ0n) is 9.78. The Labute approximate surface area is 108 Å². The lowest BCUT2D eigenvalue weighted by Gasteiger charge is -2.01. The lowest BCUT2D eigenvalue weighted by molar-refractivity contribution is 0.824. The van der Waals surface area contributed by atoms with E-state index in [1.165, 1.54) is 0 Å². The molecule has 0 saturated carbocycles. The van der Waals surface area contributed by atoms with E-state index in [-0.39, 0.29) is 0 Å². The first-order valence-electron chi connectivity index (χ1n) is 5.58. The molecule has 0 spiro atoms. The number of nitriles is 2. The lowest BCUT2D eigenvalue weighted by atomic mass is 10.1. The van der Waals surface area contributed by atoms with Crippen LogP contribution < -0.4 is 0 Å². The van der Waals surface area contributed by atoms with Crippen molar-refractivity contribution >= 4 is 11.0 Å². The summed E-state index contributed by atoms with van der Waals surface area (Å²) in [6, 6.07) is 16.7. The molecular formula is C14H7N5. The maximum atomic E-state index is 9.06. The van der Waals surface area contributed by atoms with Crippen molar-refractivity contribution in [3.63, 3.8) is 0 Å². The summed E-state index contributed by atoms with van der Waals surface area (Å²) in [6.07, 6.45) is 0. The van der Waals surface area contributed by atoms with Gasteiger partial charge in [0.1, 0.15) is 17.7 Å². The molecule has 0 fully saturated rings. The van der Waals surface area contributed by atoms with Crippen molar-refractivity contribution in [1.29, 1.82) is 10.5 Å². The first-order valence-corrected chi connectivity index (χ1v) is 5.58. The smallest absolute Gasteiger partial charge is 0.115 e. The molecule has 3 aromatic rings. The maximum absolute atomic E-state index is 9.06. The Morgan fingerprint density at radius 3 is 2.32 bits per heavy atom. The zero-order valence-corrected chi connectivity index (χ0v) is 9.78. The molecule has 19 heavy (non-hydrogen) atoms. The summed E-state index contributed by atoms with van der Waals surface area (Å²) >= 11 is 0. The van der Waals surface area contributed by atoms with Crippen LogP contribution in [0.3, 0.4) is 0 Å². The standard InChI is InChI=1S/C14H7N5/c15-8-10-6-13-14(7-11(10)9-16)19(18-17-13)12-4-2-1-3-5-12/h1-7H. The van der Waals surface area contributed by atoms with E-state index < -0.39 is 0 Å². The molecule has 0 aliphatic rings. The number of hydrogen-bond donors (Lipinski definition) is 0. The van der Waals surface area contributed by atoms with E-state index in [0.29, 0.717) is 22.2 Å². The third-order valence-electron chi connectivity index (χ3n) is 2.83. The molecule has 2 aromatic carbocycles. The van der Waals surface area contributed by atoms with Gasteiger partial charge in [-0.25, -0.2) is 4.68 Å². The molecule has 5 heteroatoms. The summed E-state index contributed by atoms with van der Waals surface area (Å²) < 4.78 is 1.65. The number of rotatable bonds is 1. The van der Waals surface area contributed by atoms with Gasteiger partial charge >= 0.3 is 0 Å². The predicted octanol–water partition coefficient (Wildman–Crippen LogP) is 2.16. The van der Waals surface area contributed by atoms with E-state index in [1.54, 1.807) is 16.8 Å². The lowest BCUT2D eigenvalue weighted by Crippen LogP contribution is -1.96. The highest BCUT2D eigenvalue weighted by molar-refractivity contribution is 5.80. The third-order valence-corrected chi connectivity index (χ3v) is 2.83. The van der Waals surface area contributed by atoms with Gasteiger partial charge < -0.3 is 0 Å². The van der Waals surface area contributed by atoms with Crippen molar-refractivity contribution in [2.45, 2.75) is 0 Å². The van der Waals surface area contributed by atoms with Gasteiger partial charge in [0.2, 0.25) is 0 Å². The van der Waals surface area contributed by atoms with Crippen LogP contribution in [0.2, 0.25) is 0 Å². The summed E-state index contributed by atoms with van der Waals surface area (Å²) in [4.78, 5) is 0. The van der Waals surface area contributed by atoms with Gasteiger partial charge in [-0.15, -0.1) is 5.10 Å². The SMILES string of the molecule is N#Cc1cc2nnn(-c3ccccc3)c2cc1C#N. The highest BCUT2D eigenvalue weighted by Crippen LogP contribution is 2.20. The van der Waals surface area contributed by atoms with Gasteiger partial charge in [-0.2, -0.15) is 10.5 Å². The van der Waals surface area contributed by atoms with Crippen molar-refractivity contribution in [3.8, 4) is 17.8 Å². The van der Waals surface area contributed by atoms with Crippen LogP contribution >= 0.6 is 0 Å². The van der Waals surface area contributed by atoms with E-state index >= 15 is 0 Å². The Morgan fingerprint density at radius 2 is 1.63 bits per heavy atom. The van der Waals surface area contributed by atoms with E-state index in [2.05, 4.69) is 10.3 Å². The summed E-state index contributed by atoms with van der Waals surface area (Å²) in [6.45, 7) is 0. The molecule has 0 amide bonds. The van der Waals surface area contributed by atoms with Crippen LogP contribution in [0.1, 0.15) is 11.1 Å². The second-order valence-electron chi connectivity index (χ2n) is 3.95. The van der Waals surface area contributed by atoms with Crippen molar-refractivity contribution in [2.75, 3.05) is 0 Å². The van der Waals surface area contributed by atoms with Crippen molar-refractivity contribution in [2.24, 2.45) is 0 Å². The van der Waals surface area contributed by atoms with Gasteiger partial charge in [0.05, 0.1) is 22.3 Å². The summed E-state index contributed by atoms with van der Waals surface area (Å²) in [5, 5.41) is 26.1. The van der Waals surface area contributed by atoms with E-state index in [4.69, 9.17) is 10.5 Å². The van der Waals surface area contributed by atoms with Crippen LogP contribution in [0.15, 0.2) is 42.5 Å². The molecule has 0 bridgehead atoms. The Bertz CT molecular complexity index is 834. The first kappa shape index (κ1) is 10.9. The summed E-state index contributed by atoms with van der Waals surface area (Å²) in [7, 11) is 0. The monoisotopic (exact) mass is 245 g/mol. The Kier molecular flexibility index (Phi) is 2.45. The topological polar surface area (TPSA) is 78.3 Å². The van der Waals surface area contributed by atoms with Gasteiger partial charge in [-0.1, -0.05) is 23.4 Å². The number of para-hydroxylation sites is 1. The molecular weight excluding hydrogens is 238 g/mol. The van der Waals surface area contributed by atoms with E-state index in [1.807, 2.05) is 42.5 Å². The van der Waals surface area contributed by atoms with Crippen LogP contribution in [-0.2, 0) is 0 Å². The quantitative estimate of drug-likeness (QED) is 0.658. The minimum atomic E-state index is 0.315. The Morgan fingerprint density at radius 1 is 0.947 bits per heavy atom. The number of hydrogen-bond acceptors (Lipinski definition) is 4. The predicted molar refractivity (Wildman–Crippen MR) is 68.3 cm³/mol. The minimum Gasteiger partial charge on any atom is -0.213 e. The molecule has 1 heterocycles. The van der Waals surface area contributed by atoms with Crippen LogP contribution in [-0.4, -0.2) is 15.0 Å². The van der Waals surface area contributed by atoms with Gasteiger partial charge in [-0.05, 0) is 24.3 Å². The molecule has 0 atom stereocenters. The van der Waals surface area contributed by atoms with E-state index in [0.717, 1.165) is 5.69 Å². The molecule has 0 aliphatic heterocycles. The Hall–Kier alpha value is -3.18. The number of aromatic nitrogens is 3. The molecule has 0 radical (unpaired) electrons. The van der Waals surface area contributed by atoms with Crippen LogP contribution in [0.25, 0.3) is 16.7 Å². The highest BCUT2D eigenvalue weighted by atomic mass is 15.4. The molecule has 3 rings (SSSR count). The Balaban J connectivity index is 2.31. The van der Waals surface area contributed by atoms with Gasteiger partial charge in [0.25, 0.3) is 0 Å². The first-order chi connectivity index (χ1) is 9.33. The molecule has 0 aliphatic carbocycles. The van der Waals surface area contributed by atoms with Gasteiger partial charge in [0, 0.05) is 0 Å². The average molecular weight is 245 g/mol. The molecule has 0 unspecified atom stereocenters. The number of fused-ring (bicyclic) bond motifs is 1. The minimum absolute atomic E-state index is 0.315. The van der Waals surface area contributed by atoms with Crippen LogP contribution in [0.5, 0.6) is 0 Å². The second kappa shape index (κ2) is 4.25. The third kappa shape index (κ3) is 1.70. The number of benzene rings is 2.